The lowest BCUT2D eigenvalue weighted by Gasteiger charge is -2.20. The molecule has 1 aliphatic rings. The molecule has 9 heteroatoms. The fraction of sp³-hybridized carbons (Fsp3) is 0.286. The van der Waals surface area contributed by atoms with Gasteiger partial charge in [-0.3, -0.25) is 14.5 Å². The van der Waals surface area contributed by atoms with Gasteiger partial charge in [-0.15, -0.1) is 0 Å². The van der Waals surface area contributed by atoms with Crippen molar-refractivity contribution in [2.45, 2.75) is 13.3 Å². The van der Waals surface area contributed by atoms with Gasteiger partial charge in [0.15, 0.2) is 0 Å². The van der Waals surface area contributed by atoms with Crippen LogP contribution >= 0.6 is 11.6 Å². The van der Waals surface area contributed by atoms with Gasteiger partial charge in [0.2, 0.25) is 6.41 Å². The fourth-order valence-electron chi connectivity index (χ4n) is 4.52. The van der Waals surface area contributed by atoms with E-state index in [0.29, 0.717) is 34.8 Å². The molecule has 7 nitrogen and oxygen atoms in total. The number of anilines is 2. The van der Waals surface area contributed by atoms with E-state index in [-0.39, 0.29) is 27.5 Å². The molecule has 2 heterocycles. The first-order valence-corrected chi connectivity index (χ1v) is 12.3. The molecule has 2 aromatic carbocycles. The fourth-order valence-corrected chi connectivity index (χ4v) is 4.80. The molecule has 0 spiro atoms. The predicted octanol–water partition coefficient (Wildman–Crippen LogP) is 5.06. The molecule has 1 amide bonds. The second-order valence-corrected chi connectivity index (χ2v) is 10.1. The van der Waals surface area contributed by atoms with Gasteiger partial charge in [-0.2, -0.15) is 0 Å². The third-order valence-corrected chi connectivity index (χ3v) is 6.79. The first kappa shape index (κ1) is 26.3. The van der Waals surface area contributed by atoms with Gasteiger partial charge in [0, 0.05) is 69.5 Å². The molecule has 0 bridgehead atoms. The highest BCUT2D eigenvalue weighted by Crippen LogP contribution is 2.41. The van der Waals surface area contributed by atoms with Crippen LogP contribution in [0.2, 0.25) is 5.02 Å². The van der Waals surface area contributed by atoms with Crippen molar-refractivity contribution in [2.75, 3.05) is 37.0 Å². The summed E-state index contributed by atoms with van der Waals surface area (Å²) in [5, 5.41) is 11.5. The van der Waals surface area contributed by atoms with E-state index in [2.05, 4.69) is 6.92 Å². The van der Waals surface area contributed by atoms with Crippen molar-refractivity contribution in [1.29, 1.82) is 0 Å². The van der Waals surface area contributed by atoms with Gasteiger partial charge in [0.1, 0.15) is 17.3 Å². The summed E-state index contributed by atoms with van der Waals surface area (Å²) in [7, 11) is 5.30. The van der Waals surface area contributed by atoms with Gasteiger partial charge in [0.25, 0.3) is 5.56 Å². The molecule has 1 atom stereocenters. The normalized spacial score (nSPS) is 15.4. The molecule has 0 radical (unpaired) electrons. The standard InChI is InChI=1S/C28H30ClFN4O3/c1-18-7-8-33(15-18)26-12-20(16-32(4)28(26)37)23-14-21(30)13-22(27(23)36)19-5-6-25(24(29)11-19)34(17-35)10-9-31(2)3/h5-6,9-14,16-18,36H,7-8,15H2,1-4H3/b10-9-. The quantitative estimate of drug-likeness (QED) is 0.438. The van der Waals surface area contributed by atoms with Crippen molar-refractivity contribution in [2.24, 2.45) is 13.0 Å². The molecular formula is C28H30ClFN4O3. The second kappa shape index (κ2) is 10.7. The Kier molecular flexibility index (Phi) is 7.59. The lowest BCUT2D eigenvalue weighted by molar-refractivity contribution is -0.106. The Morgan fingerprint density at radius 3 is 2.41 bits per heavy atom. The molecule has 1 saturated heterocycles. The van der Waals surface area contributed by atoms with Gasteiger partial charge < -0.3 is 19.5 Å². The number of benzene rings is 2. The first-order chi connectivity index (χ1) is 17.6. The number of hydrogen-bond acceptors (Lipinski definition) is 5. The molecule has 0 aliphatic carbocycles. The molecule has 3 aromatic rings. The van der Waals surface area contributed by atoms with Crippen LogP contribution in [0.5, 0.6) is 5.75 Å². The van der Waals surface area contributed by atoms with E-state index in [9.17, 15) is 19.1 Å². The lowest BCUT2D eigenvalue weighted by Crippen LogP contribution is -2.29. The van der Waals surface area contributed by atoms with Crippen LogP contribution in [0, 0.1) is 11.7 Å². The summed E-state index contributed by atoms with van der Waals surface area (Å²) in [5.41, 5.74) is 2.35. The maximum absolute atomic E-state index is 14.9. The lowest BCUT2D eigenvalue weighted by atomic mass is 9.97. The van der Waals surface area contributed by atoms with E-state index in [0.717, 1.165) is 19.5 Å². The van der Waals surface area contributed by atoms with Crippen LogP contribution < -0.4 is 15.4 Å². The summed E-state index contributed by atoms with van der Waals surface area (Å²) >= 11 is 6.49. The molecule has 37 heavy (non-hydrogen) atoms. The molecule has 4 rings (SSSR count). The molecular weight excluding hydrogens is 495 g/mol. The van der Waals surface area contributed by atoms with E-state index in [1.54, 1.807) is 54.8 Å². The average molecular weight is 525 g/mol. The summed E-state index contributed by atoms with van der Waals surface area (Å²) in [6.45, 7) is 3.68. The summed E-state index contributed by atoms with van der Waals surface area (Å²) in [5.74, 6) is -0.204. The van der Waals surface area contributed by atoms with E-state index in [1.165, 1.54) is 21.6 Å². The van der Waals surface area contributed by atoms with Gasteiger partial charge in [-0.1, -0.05) is 24.6 Å². The van der Waals surface area contributed by atoms with E-state index in [4.69, 9.17) is 11.6 Å². The van der Waals surface area contributed by atoms with Crippen molar-refractivity contribution < 1.29 is 14.3 Å². The summed E-state index contributed by atoms with van der Waals surface area (Å²) in [4.78, 5) is 29.6. The van der Waals surface area contributed by atoms with E-state index in [1.807, 2.05) is 19.0 Å². The van der Waals surface area contributed by atoms with Crippen molar-refractivity contribution >= 4 is 29.4 Å². The number of aromatic nitrogens is 1. The minimum Gasteiger partial charge on any atom is -0.507 e. The Hall–Kier alpha value is -3.78. The van der Waals surface area contributed by atoms with E-state index >= 15 is 0 Å². The van der Waals surface area contributed by atoms with Crippen LogP contribution in [0.4, 0.5) is 15.8 Å². The number of phenols is 1. The van der Waals surface area contributed by atoms with Crippen LogP contribution in [-0.2, 0) is 11.8 Å². The van der Waals surface area contributed by atoms with Gasteiger partial charge >= 0.3 is 0 Å². The molecule has 1 aliphatic heterocycles. The van der Waals surface area contributed by atoms with Crippen LogP contribution in [0.15, 0.2) is 59.8 Å². The zero-order chi connectivity index (χ0) is 26.9. The highest BCUT2D eigenvalue weighted by atomic mass is 35.5. The minimum atomic E-state index is -0.545. The Bertz CT molecular complexity index is 1420. The number of amides is 1. The number of carbonyl (C=O) groups excluding carboxylic acids is 1. The largest absolute Gasteiger partial charge is 0.507 e. The van der Waals surface area contributed by atoms with Gasteiger partial charge in [0.05, 0.1) is 10.7 Å². The zero-order valence-corrected chi connectivity index (χ0v) is 22.0. The number of halogens is 2. The first-order valence-electron chi connectivity index (χ1n) is 12.0. The Morgan fingerprint density at radius 1 is 1.11 bits per heavy atom. The van der Waals surface area contributed by atoms with Crippen LogP contribution in [-0.4, -0.2) is 48.2 Å². The molecule has 0 saturated carbocycles. The average Bonchev–Trinajstić information content (AvgIpc) is 3.29. The monoisotopic (exact) mass is 524 g/mol. The topological polar surface area (TPSA) is 69.0 Å². The third kappa shape index (κ3) is 5.49. The number of rotatable bonds is 7. The Balaban J connectivity index is 1.77. The van der Waals surface area contributed by atoms with Crippen molar-refractivity contribution in [3.63, 3.8) is 0 Å². The summed E-state index contributed by atoms with van der Waals surface area (Å²) in [6, 6.07) is 9.08. The molecule has 1 fully saturated rings. The Morgan fingerprint density at radius 2 is 1.81 bits per heavy atom. The van der Waals surface area contributed by atoms with Gasteiger partial charge in [-0.25, -0.2) is 4.39 Å². The van der Waals surface area contributed by atoms with Gasteiger partial charge in [-0.05, 0) is 48.2 Å². The number of pyridine rings is 1. The molecule has 1 aromatic heterocycles. The predicted molar refractivity (Wildman–Crippen MR) is 147 cm³/mol. The smallest absolute Gasteiger partial charge is 0.273 e. The van der Waals surface area contributed by atoms with Crippen molar-refractivity contribution in [1.82, 2.24) is 9.47 Å². The maximum Gasteiger partial charge on any atom is 0.273 e. The number of aryl methyl sites for hydroxylation is 1. The SMILES string of the molecule is CC1CCN(c2cc(-c3cc(F)cc(-c4ccc(N(C=O)/C=C\N(C)C)c(Cl)c4)c3O)cn(C)c2=O)C1. The summed E-state index contributed by atoms with van der Waals surface area (Å²) in [6.07, 6.45) is 6.50. The molecule has 1 unspecified atom stereocenters. The number of nitrogens with zero attached hydrogens (tertiary/aromatic N) is 4. The number of phenolic OH excluding ortho intramolecular Hbond substituents is 1. The van der Waals surface area contributed by atoms with E-state index < -0.39 is 5.82 Å². The Labute approximate surface area is 220 Å². The molecule has 194 valence electrons. The maximum atomic E-state index is 14.9. The highest BCUT2D eigenvalue weighted by Gasteiger charge is 2.23. The number of hydrogen-bond donors (Lipinski definition) is 1. The third-order valence-electron chi connectivity index (χ3n) is 6.49. The minimum absolute atomic E-state index is 0.135. The van der Waals surface area contributed by atoms with Crippen LogP contribution in [0.1, 0.15) is 13.3 Å². The number of aromatic hydroxyl groups is 1. The van der Waals surface area contributed by atoms with Crippen LogP contribution in [0.25, 0.3) is 22.3 Å². The highest BCUT2D eigenvalue weighted by molar-refractivity contribution is 6.34. The van der Waals surface area contributed by atoms with Crippen molar-refractivity contribution in [3.8, 4) is 28.0 Å². The van der Waals surface area contributed by atoms with Crippen molar-refractivity contribution in [3.05, 3.63) is 76.2 Å². The second-order valence-electron chi connectivity index (χ2n) is 9.66. The molecule has 1 N–H and O–H groups in total. The summed E-state index contributed by atoms with van der Waals surface area (Å²) < 4.78 is 16.3. The van der Waals surface area contributed by atoms with Crippen LogP contribution in [0.3, 0.4) is 0 Å². The number of carbonyl (C=O) groups is 1. The zero-order valence-electron chi connectivity index (χ0n) is 21.3.